The Kier molecular flexibility index (Phi) is 7.02. The molecular weight excluding hydrogens is 360 g/mol. The van der Waals surface area contributed by atoms with Crippen LogP contribution >= 0.6 is 17.0 Å². The third-order valence-electron chi connectivity index (χ3n) is 4.98. The zero-order chi connectivity index (χ0) is 16.0. The van der Waals surface area contributed by atoms with Gasteiger partial charge < -0.3 is 4.90 Å². The van der Waals surface area contributed by atoms with E-state index in [1.807, 2.05) is 36.4 Å². The second-order valence-electron chi connectivity index (χ2n) is 6.40. The molecule has 0 N–H and O–H groups in total. The van der Waals surface area contributed by atoms with Gasteiger partial charge in [-0.05, 0) is 43.5 Å². The molecule has 3 heteroatoms. The van der Waals surface area contributed by atoms with Crippen molar-refractivity contribution in [3.05, 3.63) is 71.8 Å². The largest absolute Gasteiger partial charge is 0.303 e. The van der Waals surface area contributed by atoms with E-state index in [1.54, 1.807) is 0 Å². The summed E-state index contributed by atoms with van der Waals surface area (Å²) >= 11 is 0. The van der Waals surface area contributed by atoms with Crippen LogP contribution in [-0.2, 0) is 5.41 Å². The van der Waals surface area contributed by atoms with Gasteiger partial charge in [-0.15, -0.1) is 17.0 Å². The Bertz CT molecular complexity index is 603. The highest BCUT2D eigenvalue weighted by Gasteiger charge is 2.34. The van der Waals surface area contributed by atoms with E-state index in [1.165, 1.54) is 32.4 Å². The number of rotatable bonds is 5. The van der Waals surface area contributed by atoms with E-state index >= 15 is 0 Å². The molecule has 0 aliphatic carbocycles. The number of nitriles is 1. The van der Waals surface area contributed by atoms with E-state index in [9.17, 15) is 5.26 Å². The van der Waals surface area contributed by atoms with Crippen molar-refractivity contribution < 1.29 is 0 Å². The van der Waals surface area contributed by atoms with Gasteiger partial charge in [0.05, 0.1) is 6.07 Å². The predicted molar refractivity (Wildman–Crippen MR) is 105 cm³/mol. The van der Waals surface area contributed by atoms with Crippen LogP contribution in [0.2, 0.25) is 0 Å². The summed E-state index contributed by atoms with van der Waals surface area (Å²) in [4.78, 5) is 2.52. The van der Waals surface area contributed by atoms with Crippen LogP contribution in [0.3, 0.4) is 0 Å². The molecule has 0 bridgehead atoms. The van der Waals surface area contributed by atoms with E-state index in [2.05, 4.69) is 35.2 Å². The number of benzene rings is 2. The number of likely N-dealkylation sites (tertiary alicyclic amines) is 1. The molecule has 0 radical (unpaired) electrons. The molecule has 0 spiro atoms. The van der Waals surface area contributed by atoms with Gasteiger partial charge in [-0.1, -0.05) is 67.1 Å². The number of nitrogens with zero attached hydrogens (tertiary/aromatic N) is 2. The molecule has 0 aromatic heterocycles. The van der Waals surface area contributed by atoms with Gasteiger partial charge in [0, 0.05) is 6.54 Å². The fourth-order valence-corrected chi connectivity index (χ4v) is 3.59. The Morgan fingerprint density at radius 2 is 1.33 bits per heavy atom. The first-order valence-corrected chi connectivity index (χ1v) is 8.60. The lowest BCUT2D eigenvalue weighted by molar-refractivity contribution is 0.218. The molecule has 0 atom stereocenters. The van der Waals surface area contributed by atoms with Crippen molar-refractivity contribution in [1.29, 1.82) is 5.26 Å². The highest BCUT2D eigenvalue weighted by atomic mass is 79.9. The number of hydrogen-bond acceptors (Lipinski definition) is 2. The molecule has 1 aliphatic rings. The van der Waals surface area contributed by atoms with E-state index < -0.39 is 5.41 Å². The summed E-state index contributed by atoms with van der Waals surface area (Å²) in [6, 6.07) is 23.2. The van der Waals surface area contributed by atoms with E-state index in [0.29, 0.717) is 0 Å². The Morgan fingerprint density at radius 3 is 1.79 bits per heavy atom. The molecule has 126 valence electrons. The predicted octanol–water partition coefficient (Wildman–Crippen LogP) is 4.95. The molecule has 1 fully saturated rings. The number of piperidine rings is 1. The van der Waals surface area contributed by atoms with Crippen LogP contribution in [0.15, 0.2) is 60.7 Å². The van der Waals surface area contributed by atoms with Crippen LogP contribution < -0.4 is 0 Å². The molecule has 0 saturated carbocycles. The summed E-state index contributed by atoms with van der Waals surface area (Å²) in [5.74, 6) is 0. The van der Waals surface area contributed by atoms with Gasteiger partial charge in [-0.25, -0.2) is 0 Å². The second kappa shape index (κ2) is 9.01. The normalized spacial score (nSPS) is 15.3. The molecule has 1 saturated heterocycles. The van der Waals surface area contributed by atoms with Crippen molar-refractivity contribution >= 4 is 17.0 Å². The molecule has 2 nitrogen and oxygen atoms in total. The maximum absolute atomic E-state index is 10.1. The third-order valence-corrected chi connectivity index (χ3v) is 4.98. The molecule has 2 aromatic rings. The van der Waals surface area contributed by atoms with E-state index in [0.717, 1.165) is 24.1 Å². The quantitative estimate of drug-likeness (QED) is 0.728. The van der Waals surface area contributed by atoms with Crippen LogP contribution in [0.1, 0.15) is 36.8 Å². The monoisotopic (exact) mass is 384 g/mol. The van der Waals surface area contributed by atoms with Gasteiger partial charge in [0.1, 0.15) is 5.41 Å². The molecule has 24 heavy (non-hydrogen) atoms. The van der Waals surface area contributed by atoms with Gasteiger partial charge >= 0.3 is 0 Å². The Hall–Kier alpha value is -1.63. The molecule has 0 amide bonds. The van der Waals surface area contributed by atoms with Crippen molar-refractivity contribution in [3.63, 3.8) is 0 Å². The lowest BCUT2D eigenvalue weighted by Gasteiger charge is -2.33. The minimum Gasteiger partial charge on any atom is -0.303 e. The van der Waals surface area contributed by atoms with E-state index in [-0.39, 0.29) is 17.0 Å². The molecule has 3 rings (SSSR count). The molecule has 1 heterocycles. The van der Waals surface area contributed by atoms with Gasteiger partial charge in [0.2, 0.25) is 0 Å². The fraction of sp³-hybridized carbons (Fsp3) is 0.381. The summed E-state index contributed by atoms with van der Waals surface area (Å²) in [6.07, 6.45) is 4.77. The van der Waals surface area contributed by atoms with E-state index in [4.69, 9.17) is 0 Å². The van der Waals surface area contributed by atoms with Crippen molar-refractivity contribution in [2.45, 2.75) is 31.1 Å². The zero-order valence-corrected chi connectivity index (χ0v) is 15.7. The summed E-state index contributed by atoms with van der Waals surface area (Å²) in [6.45, 7) is 3.33. The lowest BCUT2D eigenvalue weighted by Crippen LogP contribution is -2.36. The van der Waals surface area contributed by atoms with Crippen molar-refractivity contribution in [3.8, 4) is 6.07 Å². The summed E-state index contributed by atoms with van der Waals surface area (Å²) in [5.41, 5.74) is 1.65. The lowest BCUT2D eigenvalue weighted by atomic mass is 9.73. The SMILES string of the molecule is Br.N#CC(CCN1CCCCC1)(c1ccccc1)c1ccccc1. The smallest absolute Gasteiger partial charge is 0.108 e. The average Bonchev–Trinajstić information content (AvgIpc) is 2.65. The average molecular weight is 385 g/mol. The molecule has 0 unspecified atom stereocenters. The van der Waals surface area contributed by atoms with Crippen LogP contribution in [0.25, 0.3) is 0 Å². The Morgan fingerprint density at radius 1 is 0.833 bits per heavy atom. The van der Waals surface area contributed by atoms with Gasteiger partial charge in [-0.2, -0.15) is 5.26 Å². The minimum atomic E-state index is -0.556. The Labute approximate surface area is 155 Å². The first-order chi connectivity index (χ1) is 11.3. The first-order valence-electron chi connectivity index (χ1n) is 8.60. The minimum absolute atomic E-state index is 0. The third kappa shape index (κ3) is 4.06. The zero-order valence-electron chi connectivity index (χ0n) is 14.0. The van der Waals surface area contributed by atoms with Crippen molar-refractivity contribution in [2.24, 2.45) is 0 Å². The maximum atomic E-state index is 10.1. The number of halogens is 1. The standard InChI is InChI=1S/C21H24N2.BrH/c22-18-21(19-10-4-1-5-11-19,20-12-6-2-7-13-20)14-17-23-15-8-3-9-16-23;/h1-2,4-7,10-13H,3,8-9,14-17H2;1H. The van der Waals surface area contributed by atoms with Crippen molar-refractivity contribution in [2.75, 3.05) is 19.6 Å². The summed E-state index contributed by atoms with van der Waals surface area (Å²) in [5, 5.41) is 10.1. The topological polar surface area (TPSA) is 27.0 Å². The second-order valence-corrected chi connectivity index (χ2v) is 6.40. The maximum Gasteiger partial charge on any atom is 0.108 e. The molecule has 2 aromatic carbocycles. The molecular formula is C21H25BrN2. The first kappa shape index (κ1) is 18.7. The molecule has 1 aliphatic heterocycles. The van der Waals surface area contributed by atoms with Crippen molar-refractivity contribution in [1.82, 2.24) is 4.90 Å². The van der Waals surface area contributed by atoms with Crippen LogP contribution in [0.5, 0.6) is 0 Å². The fourth-order valence-electron chi connectivity index (χ4n) is 3.59. The highest BCUT2D eigenvalue weighted by Crippen LogP contribution is 2.35. The summed E-state index contributed by atoms with van der Waals surface area (Å²) < 4.78 is 0. The summed E-state index contributed by atoms with van der Waals surface area (Å²) in [7, 11) is 0. The highest BCUT2D eigenvalue weighted by molar-refractivity contribution is 8.93. The Balaban J connectivity index is 0.00000208. The van der Waals surface area contributed by atoms with Gasteiger partial charge in [-0.3, -0.25) is 0 Å². The van der Waals surface area contributed by atoms with Gasteiger partial charge in [0.15, 0.2) is 0 Å². The number of hydrogen-bond donors (Lipinski definition) is 0. The van der Waals surface area contributed by atoms with Crippen LogP contribution in [0, 0.1) is 11.3 Å². The van der Waals surface area contributed by atoms with Crippen LogP contribution in [-0.4, -0.2) is 24.5 Å². The van der Waals surface area contributed by atoms with Crippen LogP contribution in [0.4, 0.5) is 0 Å². The van der Waals surface area contributed by atoms with Gasteiger partial charge in [0.25, 0.3) is 0 Å².